The van der Waals surface area contributed by atoms with Crippen LogP contribution in [-0.4, -0.2) is 42.5 Å². The van der Waals surface area contributed by atoms with Gasteiger partial charge in [-0.15, -0.1) is 0 Å². The smallest absolute Gasteiger partial charge is 0.360 e. The number of aromatic carboxylic acids is 1. The van der Waals surface area contributed by atoms with Crippen LogP contribution in [0.4, 0.5) is 4.39 Å². The van der Waals surface area contributed by atoms with Gasteiger partial charge in [0.1, 0.15) is 16.2 Å². The molecular weight excluding hydrogens is 491 g/mol. The third kappa shape index (κ3) is 5.01. The Morgan fingerprint density at radius 2 is 1.67 bits per heavy atom. The standard InChI is InChI=1S/C25H19FN2O7S/c1-14-3-9-18(10-4-14)36(32,33)35-23-20-19(21(24(29)30)28-22(23)25(31)34-2)12-16(13-27-20)11-15-5-7-17(26)8-6-15/h3-10,12-13H,11H2,1-2H3,(H,29,30). The van der Waals surface area contributed by atoms with E-state index < -0.39 is 45.0 Å². The number of halogens is 1. The van der Waals surface area contributed by atoms with Crippen molar-refractivity contribution in [2.75, 3.05) is 7.11 Å². The Labute approximate surface area is 205 Å². The van der Waals surface area contributed by atoms with Gasteiger partial charge in [0.05, 0.1) is 7.11 Å². The molecule has 0 spiro atoms. The van der Waals surface area contributed by atoms with Crippen LogP contribution in [-0.2, 0) is 21.3 Å². The number of carboxylic acid groups (broad SMARTS) is 1. The third-order valence-electron chi connectivity index (χ3n) is 5.26. The fourth-order valence-electron chi connectivity index (χ4n) is 3.48. The summed E-state index contributed by atoms with van der Waals surface area (Å²) in [4.78, 5) is 32.4. The van der Waals surface area contributed by atoms with Crippen LogP contribution in [0.5, 0.6) is 5.75 Å². The molecule has 0 aliphatic heterocycles. The normalized spacial score (nSPS) is 11.3. The summed E-state index contributed by atoms with van der Waals surface area (Å²) in [7, 11) is -3.42. The number of methoxy groups -OCH3 is 1. The van der Waals surface area contributed by atoms with Crippen molar-refractivity contribution < 1.29 is 36.4 Å². The predicted molar refractivity (Wildman–Crippen MR) is 126 cm³/mol. The lowest BCUT2D eigenvalue weighted by Gasteiger charge is -2.14. The Hall–Kier alpha value is -4.38. The monoisotopic (exact) mass is 510 g/mol. The molecule has 0 atom stereocenters. The summed E-state index contributed by atoms with van der Waals surface area (Å²) in [6.45, 7) is 1.78. The number of benzene rings is 2. The summed E-state index contributed by atoms with van der Waals surface area (Å²) < 4.78 is 49.2. The largest absolute Gasteiger partial charge is 0.476 e. The van der Waals surface area contributed by atoms with Gasteiger partial charge < -0.3 is 14.0 Å². The molecule has 0 saturated heterocycles. The van der Waals surface area contributed by atoms with E-state index in [1.165, 1.54) is 36.5 Å². The summed E-state index contributed by atoms with van der Waals surface area (Å²) >= 11 is 0. The summed E-state index contributed by atoms with van der Waals surface area (Å²) in [5.41, 5.74) is 0.679. The van der Waals surface area contributed by atoms with Crippen molar-refractivity contribution in [2.45, 2.75) is 18.2 Å². The Balaban J connectivity index is 1.90. The molecule has 2 heterocycles. The lowest BCUT2D eigenvalue weighted by molar-refractivity contribution is 0.0591. The maximum atomic E-state index is 13.2. The molecule has 0 saturated carbocycles. The second kappa shape index (κ2) is 9.70. The first-order valence-corrected chi connectivity index (χ1v) is 11.9. The van der Waals surface area contributed by atoms with Crippen molar-refractivity contribution in [3.63, 3.8) is 0 Å². The molecule has 0 radical (unpaired) electrons. The highest BCUT2D eigenvalue weighted by atomic mass is 32.2. The molecule has 36 heavy (non-hydrogen) atoms. The number of esters is 1. The number of aryl methyl sites for hydroxylation is 1. The zero-order chi connectivity index (χ0) is 26.0. The van der Waals surface area contributed by atoms with Gasteiger partial charge in [-0.3, -0.25) is 4.98 Å². The number of rotatable bonds is 7. The fraction of sp³-hybridized carbons (Fsp3) is 0.120. The molecule has 4 aromatic rings. The lowest BCUT2D eigenvalue weighted by Crippen LogP contribution is -2.17. The Morgan fingerprint density at radius 3 is 2.28 bits per heavy atom. The van der Waals surface area contributed by atoms with Crippen LogP contribution >= 0.6 is 0 Å². The van der Waals surface area contributed by atoms with Gasteiger partial charge in [-0.1, -0.05) is 29.8 Å². The molecule has 0 fully saturated rings. The van der Waals surface area contributed by atoms with Gasteiger partial charge in [-0.2, -0.15) is 8.42 Å². The molecular formula is C25H19FN2O7S. The minimum absolute atomic E-state index is 0.0520. The SMILES string of the molecule is COC(=O)c1nc(C(=O)O)c2cc(Cc3ccc(F)cc3)cnc2c1OS(=O)(=O)c1ccc(C)cc1. The summed E-state index contributed by atoms with van der Waals surface area (Å²) in [6, 6.07) is 13.0. The number of nitrogens with zero attached hydrogens (tertiary/aromatic N) is 2. The van der Waals surface area contributed by atoms with Gasteiger partial charge in [0.15, 0.2) is 11.4 Å². The van der Waals surface area contributed by atoms with Crippen LogP contribution in [0.3, 0.4) is 0 Å². The van der Waals surface area contributed by atoms with Gasteiger partial charge in [-0.25, -0.2) is 19.0 Å². The molecule has 11 heteroatoms. The molecule has 1 N–H and O–H groups in total. The number of hydrogen-bond acceptors (Lipinski definition) is 8. The van der Waals surface area contributed by atoms with E-state index in [0.29, 0.717) is 5.56 Å². The molecule has 0 aliphatic carbocycles. The number of hydrogen-bond donors (Lipinski definition) is 1. The summed E-state index contributed by atoms with van der Waals surface area (Å²) in [6.07, 6.45) is 1.66. The van der Waals surface area contributed by atoms with Gasteiger partial charge in [-0.05, 0) is 54.8 Å². The summed E-state index contributed by atoms with van der Waals surface area (Å²) in [5.74, 6) is -3.54. The highest BCUT2D eigenvalue weighted by Gasteiger charge is 2.29. The highest BCUT2D eigenvalue weighted by molar-refractivity contribution is 7.87. The molecule has 0 aliphatic rings. The maximum absolute atomic E-state index is 13.2. The first-order valence-electron chi connectivity index (χ1n) is 10.5. The molecule has 184 valence electrons. The first-order chi connectivity index (χ1) is 17.1. The first kappa shape index (κ1) is 24.7. The number of ether oxygens (including phenoxy) is 1. The predicted octanol–water partition coefficient (Wildman–Crippen LogP) is 3.92. The van der Waals surface area contributed by atoms with Crippen molar-refractivity contribution in [3.05, 3.63) is 94.7 Å². The number of aromatic nitrogens is 2. The van der Waals surface area contributed by atoms with Gasteiger partial charge in [0.25, 0.3) is 0 Å². The van der Waals surface area contributed by atoms with Crippen LogP contribution in [0.2, 0.25) is 0 Å². The van der Waals surface area contributed by atoms with Crippen LogP contribution in [0.25, 0.3) is 10.9 Å². The van der Waals surface area contributed by atoms with Crippen molar-refractivity contribution in [3.8, 4) is 5.75 Å². The van der Waals surface area contributed by atoms with E-state index in [0.717, 1.165) is 18.2 Å². The quantitative estimate of drug-likeness (QED) is 0.290. The molecule has 4 rings (SSSR count). The van der Waals surface area contributed by atoms with Crippen molar-refractivity contribution in [1.82, 2.24) is 9.97 Å². The average molecular weight is 510 g/mol. The number of carbonyl (C=O) groups is 2. The van der Waals surface area contributed by atoms with E-state index in [1.807, 2.05) is 0 Å². The molecule has 0 amide bonds. The van der Waals surface area contributed by atoms with E-state index in [4.69, 9.17) is 4.18 Å². The number of carboxylic acids is 1. The van der Waals surface area contributed by atoms with E-state index >= 15 is 0 Å². The number of fused-ring (bicyclic) bond motifs is 1. The van der Waals surface area contributed by atoms with Crippen LogP contribution in [0, 0.1) is 12.7 Å². The molecule has 2 aromatic heterocycles. The van der Waals surface area contributed by atoms with Crippen LogP contribution < -0.4 is 4.18 Å². The number of carbonyl (C=O) groups excluding carboxylic acids is 1. The molecule has 9 nitrogen and oxygen atoms in total. The minimum Gasteiger partial charge on any atom is -0.476 e. The third-order valence-corrected chi connectivity index (χ3v) is 6.49. The van der Waals surface area contributed by atoms with Crippen molar-refractivity contribution in [2.24, 2.45) is 0 Å². The Morgan fingerprint density at radius 1 is 1.00 bits per heavy atom. The average Bonchev–Trinajstić information content (AvgIpc) is 2.85. The second-order valence-electron chi connectivity index (χ2n) is 7.83. The topological polar surface area (TPSA) is 133 Å². The highest BCUT2D eigenvalue weighted by Crippen LogP contribution is 2.33. The van der Waals surface area contributed by atoms with E-state index in [9.17, 15) is 27.5 Å². The van der Waals surface area contributed by atoms with Gasteiger partial charge in [0, 0.05) is 11.6 Å². The number of pyridine rings is 2. The van der Waals surface area contributed by atoms with Crippen molar-refractivity contribution in [1.29, 1.82) is 0 Å². The van der Waals surface area contributed by atoms with Crippen LogP contribution in [0.15, 0.2) is 65.7 Å². The minimum atomic E-state index is -4.45. The van der Waals surface area contributed by atoms with Crippen molar-refractivity contribution >= 4 is 33.0 Å². The van der Waals surface area contributed by atoms with E-state index in [-0.39, 0.29) is 22.2 Å². The Kier molecular flexibility index (Phi) is 6.67. The maximum Gasteiger partial charge on any atom is 0.360 e. The molecule has 0 unspecified atom stereocenters. The zero-order valence-electron chi connectivity index (χ0n) is 19.1. The van der Waals surface area contributed by atoms with E-state index in [1.54, 1.807) is 31.2 Å². The lowest BCUT2D eigenvalue weighted by atomic mass is 10.0. The van der Waals surface area contributed by atoms with E-state index in [2.05, 4.69) is 14.7 Å². The Bertz CT molecular complexity index is 1590. The van der Waals surface area contributed by atoms with Gasteiger partial charge in [0.2, 0.25) is 5.75 Å². The van der Waals surface area contributed by atoms with Crippen LogP contribution in [0.1, 0.15) is 37.7 Å². The fourth-order valence-corrected chi connectivity index (χ4v) is 4.42. The van der Waals surface area contributed by atoms with Gasteiger partial charge >= 0.3 is 22.1 Å². The molecule has 2 aromatic carbocycles. The molecule has 0 bridgehead atoms. The summed E-state index contributed by atoms with van der Waals surface area (Å²) in [5, 5.41) is 9.71. The second-order valence-corrected chi connectivity index (χ2v) is 9.37. The zero-order valence-corrected chi connectivity index (χ0v) is 19.9.